The van der Waals surface area contributed by atoms with Crippen LogP contribution in [0.3, 0.4) is 0 Å². The number of pyridine rings is 1. The zero-order chi connectivity index (χ0) is 30.8. The average molecular weight is 600 g/mol. The van der Waals surface area contributed by atoms with Crippen molar-refractivity contribution in [1.29, 1.82) is 0 Å². The van der Waals surface area contributed by atoms with E-state index in [-0.39, 0.29) is 25.9 Å². The van der Waals surface area contributed by atoms with Crippen molar-refractivity contribution < 1.29 is 33.3 Å². The molecular formula is C34H37N3O7. The fraction of sp³-hybridized carbons (Fsp3) is 0.412. The Balaban J connectivity index is 1.38. The normalized spacial score (nSPS) is 22.7. The number of nitrogens with zero attached hydrogens (tertiary/aromatic N) is 3. The average Bonchev–Trinajstić information content (AvgIpc) is 3.72. The maximum Gasteiger partial charge on any atom is 0.416 e. The molecule has 0 bridgehead atoms. The third kappa shape index (κ3) is 6.20. The number of ether oxygens (including phenoxy) is 4. The summed E-state index contributed by atoms with van der Waals surface area (Å²) < 4.78 is 22.5. The minimum atomic E-state index is -0.754. The Kier molecular flexibility index (Phi) is 8.16. The highest BCUT2D eigenvalue weighted by molar-refractivity contribution is 5.96. The van der Waals surface area contributed by atoms with Crippen LogP contribution in [0.1, 0.15) is 49.9 Å². The van der Waals surface area contributed by atoms with Crippen LogP contribution < -0.4 is 9.47 Å². The molecule has 2 fully saturated rings. The van der Waals surface area contributed by atoms with Crippen molar-refractivity contribution >= 4 is 18.1 Å². The van der Waals surface area contributed by atoms with Gasteiger partial charge in [-0.05, 0) is 75.4 Å². The third-order valence-corrected chi connectivity index (χ3v) is 8.31. The van der Waals surface area contributed by atoms with Crippen molar-refractivity contribution in [2.24, 2.45) is 5.92 Å². The van der Waals surface area contributed by atoms with Gasteiger partial charge in [-0.3, -0.25) is 9.78 Å². The van der Waals surface area contributed by atoms with Crippen molar-refractivity contribution in [2.45, 2.75) is 63.6 Å². The molecule has 3 aromatic rings. The summed E-state index contributed by atoms with van der Waals surface area (Å²) in [5.74, 6) is -0.360. The van der Waals surface area contributed by atoms with Gasteiger partial charge in [0.25, 0.3) is 0 Å². The number of aromatic nitrogens is 1. The lowest BCUT2D eigenvalue weighted by Gasteiger charge is -2.32. The molecule has 0 spiro atoms. The Morgan fingerprint density at radius 3 is 2.50 bits per heavy atom. The summed E-state index contributed by atoms with van der Waals surface area (Å²) >= 11 is 0. The van der Waals surface area contributed by atoms with Crippen LogP contribution in [0.15, 0.2) is 72.9 Å². The van der Waals surface area contributed by atoms with E-state index >= 15 is 0 Å². The number of fused-ring (bicyclic) bond motifs is 1. The Morgan fingerprint density at radius 1 is 0.977 bits per heavy atom. The summed E-state index contributed by atoms with van der Waals surface area (Å²) in [6.07, 6.45) is 1.99. The summed E-state index contributed by atoms with van der Waals surface area (Å²) in [6.45, 7) is 5.89. The second-order valence-electron chi connectivity index (χ2n) is 12.4. The zero-order valence-electron chi connectivity index (χ0n) is 25.2. The van der Waals surface area contributed by atoms with Crippen molar-refractivity contribution in [3.8, 4) is 11.5 Å². The second kappa shape index (κ2) is 12.2. The van der Waals surface area contributed by atoms with E-state index in [2.05, 4.69) is 4.98 Å². The van der Waals surface area contributed by atoms with E-state index < -0.39 is 41.7 Å². The SMILES string of the molecule is CC(C)(C)OC(=O)N1C[C@@H](c2ccc3c(c2)OCO3)[C@H](C(=O)N2C(=O)OC[C@@H]2Cc2ccccc2)[C@H]1CCc1ccccn1. The van der Waals surface area contributed by atoms with Crippen LogP contribution in [0, 0.1) is 5.92 Å². The van der Waals surface area contributed by atoms with Gasteiger partial charge >= 0.3 is 12.2 Å². The van der Waals surface area contributed by atoms with E-state index in [1.54, 1.807) is 11.1 Å². The van der Waals surface area contributed by atoms with E-state index in [4.69, 9.17) is 18.9 Å². The maximum absolute atomic E-state index is 14.7. The van der Waals surface area contributed by atoms with Crippen molar-refractivity contribution in [1.82, 2.24) is 14.8 Å². The molecule has 10 heteroatoms. The van der Waals surface area contributed by atoms with Gasteiger partial charge in [-0.2, -0.15) is 0 Å². The number of likely N-dealkylation sites (tertiary alicyclic amines) is 1. The summed E-state index contributed by atoms with van der Waals surface area (Å²) in [5, 5.41) is 0. The first-order valence-electron chi connectivity index (χ1n) is 15.0. The molecule has 4 atom stereocenters. The Labute approximate surface area is 256 Å². The lowest BCUT2D eigenvalue weighted by Crippen LogP contribution is -2.49. The fourth-order valence-electron chi connectivity index (χ4n) is 6.35. The van der Waals surface area contributed by atoms with Gasteiger partial charge in [0.2, 0.25) is 12.7 Å². The van der Waals surface area contributed by atoms with Gasteiger partial charge in [0.05, 0.1) is 12.0 Å². The first-order chi connectivity index (χ1) is 21.2. The van der Waals surface area contributed by atoms with Crippen LogP contribution in [-0.2, 0) is 27.1 Å². The summed E-state index contributed by atoms with van der Waals surface area (Å²) in [6, 6.07) is 19.9. The molecule has 3 amide bonds. The van der Waals surface area contributed by atoms with Gasteiger partial charge in [-0.25, -0.2) is 14.5 Å². The Hall–Kier alpha value is -4.60. The third-order valence-electron chi connectivity index (χ3n) is 8.31. The highest BCUT2D eigenvalue weighted by Gasteiger charge is 2.53. The second-order valence-corrected chi connectivity index (χ2v) is 12.4. The number of benzene rings is 2. The molecule has 3 aliphatic heterocycles. The van der Waals surface area contributed by atoms with E-state index in [0.29, 0.717) is 30.8 Å². The number of rotatable bonds is 7. The Bertz CT molecular complexity index is 1510. The zero-order valence-corrected chi connectivity index (χ0v) is 25.2. The molecule has 230 valence electrons. The molecule has 0 unspecified atom stereocenters. The van der Waals surface area contributed by atoms with Crippen LogP contribution in [0.4, 0.5) is 9.59 Å². The van der Waals surface area contributed by atoms with Gasteiger partial charge in [-0.1, -0.05) is 42.5 Å². The molecule has 0 N–H and O–H groups in total. The van der Waals surface area contributed by atoms with Crippen LogP contribution in [0.5, 0.6) is 11.5 Å². The number of hydrogen-bond donors (Lipinski definition) is 0. The molecule has 10 nitrogen and oxygen atoms in total. The molecule has 1 aromatic heterocycles. The van der Waals surface area contributed by atoms with Gasteiger partial charge < -0.3 is 23.8 Å². The summed E-state index contributed by atoms with van der Waals surface area (Å²) in [7, 11) is 0. The van der Waals surface area contributed by atoms with E-state index in [9.17, 15) is 14.4 Å². The number of aryl methyl sites for hydroxylation is 1. The summed E-state index contributed by atoms with van der Waals surface area (Å²) in [4.78, 5) is 49.0. The van der Waals surface area contributed by atoms with Gasteiger partial charge in [-0.15, -0.1) is 0 Å². The van der Waals surface area contributed by atoms with E-state index in [1.807, 2.05) is 87.5 Å². The molecule has 3 aliphatic rings. The van der Waals surface area contributed by atoms with Crippen molar-refractivity contribution in [2.75, 3.05) is 19.9 Å². The predicted octanol–water partition coefficient (Wildman–Crippen LogP) is 5.35. The number of carbonyl (C=O) groups excluding carboxylic acids is 3. The lowest BCUT2D eigenvalue weighted by atomic mass is 9.82. The Morgan fingerprint density at radius 2 is 1.75 bits per heavy atom. The quantitative estimate of drug-likeness (QED) is 0.358. The largest absolute Gasteiger partial charge is 0.454 e. The number of imide groups is 1. The van der Waals surface area contributed by atoms with Gasteiger partial charge in [0.15, 0.2) is 11.5 Å². The maximum atomic E-state index is 14.7. The lowest BCUT2D eigenvalue weighted by molar-refractivity contribution is -0.134. The molecule has 0 saturated carbocycles. The number of carbonyl (C=O) groups is 3. The minimum absolute atomic E-state index is 0.106. The number of amides is 3. The number of hydrogen-bond acceptors (Lipinski definition) is 8. The van der Waals surface area contributed by atoms with Crippen molar-refractivity contribution in [3.63, 3.8) is 0 Å². The monoisotopic (exact) mass is 599 g/mol. The summed E-state index contributed by atoms with van der Waals surface area (Å²) in [5.41, 5.74) is 1.92. The predicted molar refractivity (Wildman–Crippen MR) is 160 cm³/mol. The number of cyclic esters (lactones) is 1. The molecular weight excluding hydrogens is 562 g/mol. The van der Waals surface area contributed by atoms with Gasteiger partial charge in [0, 0.05) is 30.4 Å². The molecule has 0 radical (unpaired) electrons. The van der Waals surface area contributed by atoms with Crippen LogP contribution in [-0.4, -0.2) is 70.5 Å². The molecule has 2 saturated heterocycles. The van der Waals surface area contributed by atoms with Crippen LogP contribution >= 0.6 is 0 Å². The highest BCUT2D eigenvalue weighted by Crippen LogP contribution is 2.44. The molecule has 44 heavy (non-hydrogen) atoms. The molecule has 0 aliphatic carbocycles. The highest BCUT2D eigenvalue weighted by atomic mass is 16.7. The van der Waals surface area contributed by atoms with Gasteiger partial charge in [0.1, 0.15) is 12.2 Å². The molecule has 4 heterocycles. The van der Waals surface area contributed by atoms with Crippen LogP contribution in [0.25, 0.3) is 0 Å². The minimum Gasteiger partial charge on any atom is -0.454 e. The molecule has 6 rings (SSSR count). The first-order valence-corrected chi connectivity index (χ1v) is 15.0. The smallest absolute Gasteiger partial charge is 0.416 e. The van der Waals surface area contributed by atoms with E-state index in [1.165, 1.54) is 4.90 Å². The molecule has 2 aromatic carbocycles. The van der Waals surface area contributed by atoms with E-state index in [0.717, 1.165) is 16.8 Å². The van der Waals surface area contributed by atoms with Crippen molar-refractivity contribution in [3.05, 3.63) is 89.7 Å². The standard InChI is InChI=1S/C34H37N3O7/c1-34(2,3)44-32(39)36-19-26(23-12-15-28-29(18-23)43-21-42-28)30(27(36)14-13-24-11-7-8-16-35-24)31(38)37-25(20-41-33(37)40)17-22-9-5-4-6-10-22/h4-12,15-16,18,25-27,30H,13-14,17,19-21H2,1-3H3/t25-,26-,27+,30-/m0/s1. The fourth-order valence-corrected chi connectivity index (χ4v) is 6.35. The van der Waals surface area contributed by atoms with Crippen LogP contribution in [0.2, 0.25) is 0 Å². The first kappa shape index (κ1) is 29.5. The topological polar surface area (TPSA) is 108 Å².